The molecule has 0 aliphatic rings. The van der Waals surface area contributed by atoms with E-state index < -0.39 is 4.92 Å². The van der Waals surface area contributed by atoms with Crippen molar-refractivity contribution in [2.75, 3.05) is 25.5 Å². The summed E-state index contributed by atoms with van der Waals surface area (Å²) in [6.45, 7) is 2.23. The van der Waals surface area contributed by atoms with E-state index in [1.54, 1.807) is 42.5 Å². The molecule has 0 heterocycles. The minimum atomic E-state index is -0.484. The van der Waals surface area contributed by atoms with Crippen LogP contribution in [-0.4, -0.2) is 41.8 Å². The topological polar surface area (TPSA) is 102 Å². The van der Waals surface area contributed by atoms with Gasteiger partial charge in [0.1, 0.15) is 12.3 Å². The predicted octanol–water partition coefficient (Wildman–Crippen LogP) is 3.49. The lowest BCUT2D eigenvalue weighted by Crippen LogP contribution is -2.37. The highest BCUT2D eigenvalue weighted by molar-refractivity contribution is 5.98. The maximum Gasteiger partial charge on any atom is 0.269 e. The van der Waals surface area contributed by atoms with E-state index in [2.05, 4.69) is 5.32 Å². The van der Waals surface area contributed by atoms with Crippen LogP contribution in [0.5, 0.6) is 5.75 Å². The van der Waals surface area contributed by atoms with Gasteiger partial charge < -0.3 is 15.0 Å². The summed E-state index contributed by atoms with van der Waals surface area (Å²) in [7, 11) is 1.51. The highest BCUT2D eigenvalue weighted by Crippen LogP contribution is 2.22. The van der Waals surface area contributed by atoms with Gasteiger partial charge in [-0.05, 0) is 42.3 Å². The summed E-state index contributed by atoms with van der Waals surface area (Å²) in [6, 6.07) is 12.9. The normalized spacial score (nSPS) is 10.6. The fourth-order valence-electron chi connectivity index (χ4n) is 2.63. The Labute approximate surface area is 168 Å². The number of amides is 2. The Kier molecular flexibility index (Phi) is 7.90. The third-order valence-electron chi connectivity index (χ3n) is 4.04. The molecule has 2 aromatic rings. The van der Waals surface area contributed by atoms with Gasteiger partial charge in [-0.25, -0.2) is 0 Å². The zero-order valence-electron chi connectivity index (χ0n) is 16.3. The lowest BCUT2D eigenvalue weighted by molar-refractivity contribution is -0.384. The number of hydrogen-bond acceptors (Lipinski definition) is 5. The van der Waals surface area contributed by atoms with Crippen LogP contribution in [0.1, 0.15) is 18.9 Å². The number of hydrogen-bond donors (Lipinski definition) is 1. The van der Waals surface area contributed by atoms with Crippen molar-refractivity contribution in [2.45, 2.75) is 13.3 Å². The molecule has 0 aromatic heterocycles. The molecule has 2 rings (SSSR count). The van der Waals surface area contributed by atoms with Gasteiger partial charge in [0.25, 0.3) is 5.69 Å². The first-order chi connectivity index (χ1) is 13.9. The Hall–Kier alpha value is -3.68. The molecular formula is C21H23N3O5. The summed E-state index contributed by atoms with van der Waals surface area (Å²) in [5.41, 5.74) is 1.17. The Morgan fingerprint density at radius 2 is 1.86 bits per heavy atom. The van der Waals surface area contributed by atoms with Crippen molar-refractivity contribution in [3.05, 3.63) is 70.3 Å². The average molecular weight is 397 g/mol. The lowest BCUT2D eigenvalue weighted by Gasteiger charge is -2.20. The molecule has 0 fully saturated rings. The molecule has 0 spiro atoms. The number of non-ortho nitro benzene ring substituents is 1. The van der Waals surface area contributed by atoms with Crippen LogP contribution in [0.25, 0.3) is 6.08 Å². The molecule has 8 nitrogen and oxygen atoms in total. The van der Waals surface area contributed by atoms with Crippen LogP contribution < -0.4 is 10.1 Å². The van der Waals surface area contributed by atoms with Gasteiger partial charge in [-0.2, -0.15) is 0 Å². The Morgan fingerprint density at radius 3 is 2.48 bits per heavy atom. The number of anilines is 1. The van der Waals surface area contributed by atoms with Crippen molar-refractivity contribution in [2.24, 2.45) is 0 Å². The molecule has 1 N–H and O–H groups in total. The molecule has 2 aromatic carbocycles. The van der Waals surface area contributed by atoms with E-state index in [-0.39, 0.29) is 24.0 Å². The third-order valence-corrected chi connectivity index (χ3v) is 4.04. The fraction of sp³-hybridized carbons (Fsp3) is 0.238. The molecule has 0 aliphatic carbocycles. The Bertz CT molecular complexity index is 893. The SMILES string of the molecule is CCCN(CC(=O)Nc1ccccc1OC)C(=O)C=Cc1ccc([N+](=O)[O-])cc1. The van der Waals surface area contributed by atoms with Gasteiger partial charge >= 0.3 is 0 Å². The number of para-hydroxylation sites is 2. The zero-order chi connectivity index (χ0) is 21.2. The van der Waals surface area contributed by atoms with Crippen molar-refractivity contribution in [3.63, 3.8) is 0 Å². The molecule has 8 heteroatoms. The molecule has 0 aliphatic heterocycles. The first kappa shape index (κ1) is 21.6. The molecular weight excluding hydrogens is 374 g/mol. The number of carbonyl (C=O) groups is 2. The first-order valence-corrected chi connectivity index (χ1v) is 9.09. The number of nitrogens with zero attached hydrogens (tertiary/aromatic N) is 2. The summed E-state index contributed by atoms with van der Waals surface area (Å²) in [5.74, 6) is -0.118. The highest BCUT2D eigenvalue weighted by atomic mass is 16.6. The highest BCUT2D eigenvalue weighted by Gasteiger charge is 2.15. The standard InChI is InChI=1S/C21H23N3O5/c1-3-14-23(15-20(25)22-18-6-4-5-7-19(18)29-2)21(26)13-10-16-8-11-17(12-9-16)24(27)28/h4-13H,3,14-15H2,1-2H3,(H,22,25). The molecule has 0 atom stereocenters. The predicted molar refractivity (Wildman–Crippen MR) is 111 cm³/mol. The number of methoxy groups -OCH3 is 1. The summed E-state index contributed by atoms with van der Waals surface area (Å²) < 4.78 is 5.21. The number of rotatable bonds is 9. The number of nitro groups is 1. The van der Waals surface area contributed by atoms with Gasteiger partial charge in [0.2, 0.25) is 11.8 Å². The largest absolute Gasteiger partial charge is 0.495 e. The smallest absolute Gasteiger partial charge is 0.269 e. The number of carbonyl (C=O) groups excluding carboxylic acids is 2. The van der Waals surface area contributed by atoms with Crippen LogP contribution >= 0.6 is 0 Å². The average Bonchev–Trinajstić information content (AvgIpc) is 2.72. The van der Waals surface area contributed by atoms with Crippen molar-refractivity contribution in [1.82, 2.24) is 4.90 Å². The van der Waals surface area contributed by atoms with Gasteiger partial charge in [-0.15, -0.1) is 0 Å². The van der Waals surface area contributed by atoms with Gasteiger partial charge in [-0.3, -0.25) is 19.7 Å². The second kappa shape index (κ2) is 10.6. The van der Waals surface area contributed by atoms with E-state index >= 15 is 0 Å². The summed E-state index contributed by atoms with van der Waals surface area (Å²) in [6.07, 6.45) is 3.61. The maximum atomic E-state index is 12.5. The number of nitrogens with one attached hydrogen (secondary N) is 1. The van der Waals surface area contributed by atoms with Gasteiger partial charge in [0, 0.05) is 24.8 Å². The molecule has 0 saturated carbocycles. The lowest BCUT2D eigenvalue weighted by atomic mass is 10.2. The molecule has 0 bridgehead atoms. The first-order valence-electron chi connectivity index (χ1n) is 9.09. The van der Waals surface area contributed by atoms with E-state index in [1.807, 2.05) is 6.92 Å². The monoisotopic (exact) mass is 397 g/mol. The van der Waals surface area contributed by atoms with Gasteiger partial charge in [0.15, 0.2) is 0 Å². The Balaban J connectivity index is 2.02. The summed E-state index contributed by atoms with van der Waals surface area (Å²) in [4.78, 5) is 36.6. The molecule has 29 heavy (non-hydrogen) atoms. The van der Waals surface area contributed by atoms with Crippen molar-refractivity contribution in [3.8, 4) is 5.75 Å². The van der Waals surface area contributed by atoms with E-state index in [1.165, 1.54) is 30.2 Å². The van der Waals surface area contributed by atoms with Crippen LogP contribution in [0.3, 0.4) is 0 Å². The van der Waals surface area contributed by atoms with Crippen LogP contribution in [0, 0.1) is 10.1 Å². The summed E-state index contributed by atoms with van der Waals surface area (Å²) >= 11 is 0. The summed E-state index contributed by atoms with van der Waals surface area (Å²) in [5, 5.41) is 13.4. The van der Waals surface area contributed by atoms with E-state index in [9.17, 15) is 19.7 Å². The van der Waals surface area contributed by atoms with Crippen molar-refractivity contribution in [1.29, 1.82) is 0 Å². The maximum absolute atomic E-state index is 12.5. The van der Waals surface area contributed by atoms with E-state index in [0.717, 1.165) is 0 Å². The van der Waals surface area contributed by atoms with Crippen LogP contribution in [0.4, 0.5) is 11.4 Å². The molecule has 0 saturated heterocycles. The quantitative estimate of drug-likeness (QED) is 0.396. The number of ether oxygens (including phenoxy) is 1. The van der Waals surface area contributed by atoms with E-state index in [0.29, 0.717) is 30.0 Å². The third kappa shape index (κ3) is 6.46. The van der Waals surface area contributed by atoms with Gasteiger partial charge in [-0.1, -0.05) is 19.1 Å². The van der Waals surface area contributed by atoms with Gasteiger partial charge in [0.05, 0.1) is 17.7 Å². The van der Waals surface area contributed by atoms with Crippen molar-refractivity contribution >= 4 is 29.3 Å². The zero-order valence-corrected chi connectivity index (χ0v) is 16.3. The number of nitro benzene ring substituents is 1. The van der Waals surface area contributed by atoms with Crippen LogP contribution in [0.15, 0.2) is 54.6 Å². The Morgan fingerprint density at radius 1 is 1.17 bits per heavy atom. The second-order valence-corrected chi connectivity index (χ2v) is 6.19. The fourth-order valence-corrected chi connectivity index (χ4v) is 2.63. The molecule has 0 radical (unpaired) electrons. The number of benzene rings is 2. The minimum Gasteiger partial charge on any atom is -0.495 e. The van der Waals surface area contributed by atoms with Crippen LogP contribution in [-0.2, 0) is 9.59 Å². The second-order valence-electron chi connectivity index (χ2n) is 6.19. The minimum absolute atomic E-state index is 0.0194. The molecule has 152 valence electrons. The molecule has 0 unspecified atom stereocenters. The van der Waals surface area contributed by atoms with Crippen molar-refractivity contribution < 1.29 is 19.2 Å². The van der Waals surface area contributed by atoms with E-state index in [4.69, 9.17) is 4.74 Å². The molecule has 2 amide bonds. The van der Waals surface area contributed by atoms with Crippen LogP contribution in [0.2, 0.25) is 0 Å².